The first-order chi connectivity index (χ1) is 13.5. The molecule has 1 atom stereocenters. The molecule has 1 saturated heterocycles. The first-order valence-electron chi connectivity index (χ1n) is 9.21. The number of pyridine rings is 1. The fourth-order valence-corrected chi connectivity index (χ4v) is 3.96. The zero-order chi connectivity index (χ0) is 19.7. The topological polar surface area (TPSA) is 51.0 Å². The SMILES string of the molecule is Cn1c(N2CCC[C@H](c3ccc(Br)cc3)C2)nc(-c2ccncc2F)cc1=O. The molecule has 3 heterocycles. The van der Waals surface area contributed by atoms with Gasteiger partial charge in [0.25, 0.3) is 5.56 Å². The van der Waals surface area contributed by atoms with Gasteiger partial charge < -0.3 is 4.90 Å². The van der Waals surface area contributed by atoms with Crippen LogP contribution in [-0.4, -0.2) is 27.6 Å². The van der Waals surface area contributed by atoms with E-state index in [9.17, 15) is 9.18 Å². The highest BCUT2D eigenvalue weighted by molar-refractivity contribution is 9.10. The second kappa shape index (κ2) is 7.83. The molecule has 0 aliphatic carbocycles. The van der Waals surface area contributed by atoms with Gasteiger partial charge in [0.1, 0.15) is 0 Å². The van der Waals surface area contributed by atoms with Crippen LogP contribution in [0.5, 0.6) is 0 Å². The molecular formula is C21H20BrFN4O. The minimum absolute atomic E-state index is 0.207. The van der Waals surface area contributed by atoms with Crippen LogP contribution in [0.1, 0.15) is 24.3 Å². The lowest BCUT2D eigenvalue weighted by Gasteiger charge is -2.34. The van der Waals surface area contributed by atoms with Crippen molar-refractivity contribution in [2.45, 2.75) is 18.8 Å². The van der Waals surface area contributed by atoms with Crippen LogP contribution < -0.4 is 10.5 Å². The van der Waals surface area contributed by atoms with Crippen LogP contribution >= 0.6 is 15.9 Å². The van der Waals surface area contributed by atoms with Gasteiger partial charge in [-0.3, -0.25) is 14.3 Å². The van der Waals surface area contributed by atoms with E-state index in [2.05, 4.69) is 55.1 Å². The summed E-state index contributed by atoms with van der Waals surface area (Å²) >= 11 is 3.48. The van der Waals surface area contributed by atoms with Gasteiger partial charge in [-0.1, -0.05) is 28.1 Å². The van der Waals surface area contributed by atoms with E-state index >= 15 is 0 Å². The largest absolute Gasteiger partial charge is 0.342 e. The van der Waals surface area contributed by atoms with Gasteiger partial charge in [-0.15, -0.1) is 0 Å². The standard InChI is InChI=1S/C21H20BrFN4O/c1-26-20(28)11-19(17-8-9-24-12-18(17)23)25-21(26)27-10-2-3-15(13-27)14-4-6-16(22)7-5-14/h4-9,11-12,15H,2-3,10,13H2,1H3/t15-/m0/s1. The quantitative estimate of drug-likeness (QED) is 0.611. The van der Waals surface area contributed by atoms with E-state index in [1.165, 1.54) is 22.4 Å². The molecule has 1 aliphatic heterocycles. The van der Waals surface area contributed by atoms with E-state index in [1.807, 2.05) is 0 Å². The Morgan fingerprint density at radius 1 is 1.21 bits per heavy atom. The van der Waals surface area contributed by atoms with E-state index in [-0.39, 0.29) is 11.1 Å². The molecule has 28 heavy (non-hydrogen) atoms. The molecule has 0 saturated carbocycles. The molecule has 1 aromatic carbocycles. The Morgan fingerprint density at radius 2 is 2.00 bits per heavy atom. The van der Waals surface area contributed by atoms with Gasteiger partial charge in [0.15, 0.2) is 5.82 Å². The molecular weight excluding hydrogens is 423 g/mol. The van der Waals surface area contributed by atoms with E-state index in [0.717, 1.165) is 36.6 Å². The lowest BCUT2D eigenvalue weighted by atomic mass is 9.91. The summed E-state index contributed by atoms with van der Waals surface area (Å²) in [5, 5.41) is 0. The molecule has 5 nitrogen and oxygen atoms in total. The van der Waals surface area contributed by atoms with Crippen LogP contribution in [0.4, 0.5) is 10.3 Å². The molecule has 144 valence electrons. The van der Waals surface area contributed by atoms with E-state index in [0.29, 0.717) is 17.6 Å². The van der Waals surface area contributed by atoms with Crippen molar-refractivity contribution in [3.63, 3.8) is 0 Å². The number of nitrogens with zero attached hydrogens (tertiary/aromatic N) is 4. The van der Waals surface area contributed by atoms with Crippen molar-refractivity contribution in [3.05, 3.63) is 75.0 Å². The summed E-state index contributed by atoms with van der Waals surface area (Å²) in [6.07, 6.45) is 4.73. The Bertz CT molecular complexity index is 1050. The zero-order valence-corrected chi connectivity index (χ0v) is 17.1. The van der Waals surface area contributed by atoms with Gasteiger partial charge in [-0.25, -0.2) is 9.37 Å². The Kier molecular flexibility index (Phi) is 5.26. The molecule has 7 heteroatoms. The number of piperidine rings is 1. The predicted molar refractivity (Wildman–Crippen MR) is 111 cm³/mol. The molecule has 0 spiro atoms. The van der Waals surface area contributed by atoms with Gasteiger partial charge >= 0.3 is 0 Å². The number of rotatable bonds is 3. The van der Waals surface area contributed by atoms with Gasteiger partial charge in [0, 0.05) is 48.4 Å². The van der Waals surface area contributed by atoms with Gasteiger partial charge in [0.2, 0.25) is 5.95 Å². The lowest BCUT2D eigenvalue weighted by Crippen LogP contribution is -2.38. The number of aromatic nitrogens is 3. The predicted octanol–water partition coefficient (Wildman–Crippen LogP) is 4.13. The van der Waals surface area contributed by atoms with Crippen molar-refractivity contribution in [3.8, 4) is 11.3 Å². The average molecular weight is 443 g/mol. The molecule has 0 N–H and O–H groups in total. The fourth-order valence-electron chi connectivity index (χ4n) is 3.70. The highest BCUT2D eigenvalue weighted by Crippen LogP contribution is 2.30. The van der Waals surface area contributed by atoms with Crippen LogP contribution in [0.3, 0.4) is 0 Å². The van der Waals surface area contributed by atoms with Crippen LogP contribution in [-0.2, 0) is 7.05 Å². The second-order valence-electron chi connectivity index (χ2n) is 7.03. The molecule has 3 aromatic rings. The Hall–Kier alpha value is -2.54. The molecule has 1 aliphatic rings. The zero-order valence-electron chi connectivity index (χ0n) is 15.5. The van der Waals surface area contributed by atoms with Crippen LogP contribution in [0.25, 0.3) is 11.3 Å². The molecule has 0 unspecified atom stereocenters. The van der Waals surface area contributed by atoms with Gasteiger partial charge in [0.05, 0.1) is 11.9 Å². The van der Waals surface area contributed by atoms with Crippen molar-refractivity contribution < 1.29 is 4.39 Å². The maximum absolute atomic E-state index is 14.2. The highest BCUT2D eigenvalue weighted by Gasteiger charge is 2.24. The third kappa shape index (κ3) is 3.71. The maximum Gasteiger partial charge on any atom is 0.255 e. The smallest absolute Gasteiger partial charge is 0.255 e. The average Bonchev–Trinajstić information content (AvgIpc) is 2.71. The number of anilines is 1. The molecule has 0 bridgehead atoms. The third-order valence-electron chi connectivity index (χ3n) is 5.21. The summed E-state index contributed by atoms with van der Waals surface area (Å²) in [6, 6.07) is 11.3. The Morgan fingerprint density at radius 3 is 2.75 bits per heavy atom. The third-order valence-corrected chi connectivity index (χ3v) is 5.73. The summed E-state index contributed by atoms with van der Waals surface area (Å²) in [7, 11) is 1.71. The fraction of sp³-hybridized carbons (Fsp3) is 0.286. The van der Waals surface area contributed by atoms with Crippen molar-refractivity contribution in [2.24, 2.45) is 7.05 Å². The minimum atomic E-state index is -0.486. The normalized spacial score (nSPS) is 17.0. The van der Waals surface area contributed by atoms with E-state index in [1.54, 1.807) is 13.1 Å². The van der Waals surface area contributed by atoms with E-state index < -0.39 is 5.82 Å². The summed E-state index contributed by atoms with van der Waals surface area (Å²) in [5.74, 6) is 0.446. The van der Waals surface area contributed by atoms with Crippen molar-refractivity contribution in [2.75, 3.05) is 18.0 Å². The Labute approximate surface area is 171 Å². The molecule has 0 radical (unpaired) electrons. The first kappa shape index (κ1) is 18.8. The van der Waals surface area contributed by atoms with Crippen molar-refractivity contribution >= 4 is 21.9 Å². The van der Waals surface area contributed by atoms with Crippen LogP contribution in [0.2, 0.25) is 0 Å². The minimum Gasteiger partial charge on any atom is -0.342 e. The van der Waals surface area contributed by atoms with Gasteiger partial charge in [-0.2, -0.15) is 0 Å². The van der Waals surface area contributed by atoms with Crippen molar-refractivity contribution in [1.82, 2.24) is 14.5 Å². The monoisotopic (exact) mass is 442 g/mol. The van der Waals surface area contributed by atoms with E-state index in [4.69, 9.17) is 0 Å². The summed E-state index contributed by atoms with van der Waals surface area (Å²) in [6.45, 7) is 1.58. The number of halogens is 2. The number of benzene rings is 1. The van der Waals surface area contributed by atoms with Crippen LogP contribution in [0.15, 0.2) is 58.1 Å². The van der Waals surface area contributed by atoms with Crippen molar-refractivity contribution in [1.29, 1.82) is 0 Å². The summed E-state index contributed by atoms with van der Waals surface area (Å²) < 4.78 is 16.8. The van der Waals surface area contributed by atoms with Crippen LogP contribution in [0, 0.1) is 5.82 Å². The number of hydrogen-bond acceptors (Lipinski definition) is 4. The molecule has 0 amide bonds. The lowest BCUT2D eigenvalue weighted by molar-refractivity contribution is 0.497. The second-order valence-corrected chi connectivity index (χ2v) is 7.95. The first-order valence-corrected chi connectivity index (χ1v) is 10.0. The molecule has 4 rings (SSSR count). The molecule has 1 fully saturated rings. The number of hydrogen-bond donors (Lipinski definition) is 0. The maximum atomic E-state index is 14.2. The molecule has 2 aromatic heterocycles. The Balaban J connectivity index is 1.69. The summed E-state index contributed by atoms with van der Waals surface area (Å²) in [5.41, 5.74) is 1.69. The van der Waals surface area contributed by atoms with Gasteiger partial charge in [-0.05, 0) is 36.6 Å². The summed E-state index contributed by atoms with van der Waals surface area (Å²) in [4.78, 5) is 23.1. The highest BCUT2D eigenvalue weighted by atomic mass is 79.9.